The van der Waals surface area contributed by atoms with E-state index in [1.54, 1.807) is 6.92 Å². The third-order valence-electron chi connectivity index (χ3n) is 2.29. The highest BCUT2D eigenvalue weighted by molar-refractivity contribution is 5.97. The molecule has 1 N–H and O–H groups in total. The van der Waals surface area contributed by atoms with Crippen molar-refractivity contribution in [1.82, 2.24) is 0 Å². The molecule has 0 spiro atoms. The molecule has 0 aliphatic carbocycles. The van der Waals surface area contributed by atoms with Crippen LogP contribution in [0.5, 0.6) is 0 Å². The second kappa shape index (κ2) is 7.27. The van der Waals surface area contributed by atoms with Crippen molar-refractivity contribution in [3.8, 4) is 0 Å². The van der Waals surface area contributed by atoms with Crippen LogP contribution in [0, 0.1) is 0 Å². The first-order valence-corrected chi connectivity index (χ1v) is 5.78. The predicted octanol–water partition coefficient (Wildman–Crippen LogP) is 2.19. The summed E-state index contributed by atoms with van der Waals surface area (Å²) in [7, 11) is 0. The van der Waals surface area contributed by atoms with Crippen molar-refractivity contribution in [2.45, 2.75) is 19.8 Å². The van der Waals surface area contributed by atoms with Gasteiger partial charge in [0.2, 0.25) is 5.76 Å². The third kappa shape index (κ3) is 4.82. The number of benzene rings is 1. The molecule has 18 heavy (non-hydrogen) atoms. The Bertz CT molecular complexity index is 434. The van der Waals surface area contributed by atoms with Gasteiger partial charge in [-0.2, -0.15) is 0 Å². The number of esters is 1. The minimum Gasteiger partial charge on any atom is -0.502 e. The zero-order valence-corrected chi connectivity index (χ0v) is 10.3. The molecule has 0 amide bonds. The number of aliphatic hydroxyl groups is 1. The lowest BCUT2D eigenvalue weighted by atomic mass is 10.1. The van der Waals surface area contributed by atoms with Crippen LogP contribution in [0.1, 0.15) is 18.9 Å². The van der Waals surface area contributed by atoms with Crippen LogP contribution in [0.25, 0.3) is 0 Å². The molecule has 0 fully saturated rings. The molecule has 0 saturated heterocycles. The van der Waals surface area contributed by atoms with Gasteiger partial charge in [-0.15, -0.1) is 0 Å². The van der Waals surface area contributed by atoms with Crippen LogP contribution < -0.4 is 0 Å². The van der Waals surface area contributed by atoms with Crippen LogP contribution in [0.4, 0.5) is 0 Å². The fourth-order valence-electron chi connectivity index (χ4n) is 1.40. The highest BCUT2D eigenvalue weighted by Crippen LogP contribution is 2.04. The standard InChI is InChI=1S/C14H16O4/c1-2-18-14(17)13(16)10-12(15)9-8-11-6-4-3-5-7-11/h3-7,10,16H,2,8-9H2,1H3. The van der Waals surface area contributed by atoms with Crippen LogP contribution in [0.2, 0.25) is 0 Å². The first-order valence-electron chi connectivity index (χ1n) is 5.78. The van der Waals surface area contributed by atoms with E-state index in [2.05, 4.69) is 4.74 Å². The molecule has 0 aliphatic rings. The van der Waals surface area contributed by atoms with E-state index in [9.17, 15) is 14.7 Å². The number of ether oxygens (including phenoxy) is 1. The van der Waals surface area contributed by atoms with Gasteiger partial charge < -0.3 is 9.84 Å². The smallest absolute Gasteiger partial charge is 0.373 e. The van der Waals surface area contributed by atoms with Gasteiger partial charge in [-0.3, -0.25) is 4.79 Å². The first-order chi connectivity index (χ1) is 8.63. The Labute approximate surface area is 106 Å². The molecule has 0 heterocycles. The van der Waals surface area contributed by atoms with Crippen molar-refractivity contribution in [2.75, 3.05) is 6.61 Å². The number of hydrogen-bond donors (Lipinski definition) is 1. The molecule has 1 rings (SSSR count). The first kappa shape index (κ1) is 14.0. The summed E-state index contributed by atoms with van der Waals surface area (Å²) in [5, 5.41) is 9.28. The normalized spacial score (nSPS) is 11.1. The molecular formula is C14H16O4. The van der Waals surface area contributed by atoms with Gasteiger partial charge in [0.25, 0.3) is 0 Å². The predicted molar refractivity (Wildman–Crippen MR) is 67.1 cm³/mol. The number of ketones is 1. The average Bonchev–Trinajstić information content (AvgIpc) is 2.38. The topological polar surface area (TPSA) is 63.6 Å². The van der Waals surface area contributed by atoms with Crippen LogP contribution >= 0.6 is 0 Å². The van der Waals surface area contributed by atoms with Gasteiger partial charge >= 0.3 is 5.97 Å². The van der Waals surface area contributed by atoms with Crippen molar-refractivity contribution >= 4 is 11.8 Å². The van der Waals surface area contributed by atoms with Gasteiger partial charge in [-0.1, -0.05) is 30.3 Å². The summed E-state index contributed by atoms with van der Waals surface area (Å²) in [6.07, 6.45) is 1.74. The Balaban J connectivity index is 2.46. The van der Waals surface area contributed by atoms with Crippen LogP contribution in [0.3, 0.4) is 0 Å². The van der Waals surface area contributed by atoms with E-state index < -0.39 is 11.7 Å². The highest BCUT2D eigenvalue weighted by Gasteiger charge is 2.10. The number of hydrogen-bond acceptors (Lipinski definition) is 4. The zero-order chi connectivity index (χ0) is 13.4. The molecule has 0 saturated carbocycles. The molecule has 0 aromatic heterocycles. The molecular weight excluding hydrogens is 232 g/mol. The monoisotopic (exact) mass is 248 g/mol. The maximum atomic E-state index is 11.5. The maximum Gasteiger partial charge on any atom is 0.373 e. The minimum atomic E-state index is -0.870. The second-order valence-corrected chi connectivity index (χ2v) is 3.70. The van der Waals surface area contributed by atoms with Crippen molar-refractivity contribution in [1.29, 1.82) is 0 Å². The summed E-state index contributed by atoms with van der Waals surface area (Å²) in [4.78, 5) is 22.6. The van der Waals surface area contributed by atoms with Crippen molar-refractivity contribution in [2.24, 2.45) is 0 Å². The van der Waals surface area contributed by atoms with E-state index in [4.69, 9.17) is 0 Å². The number of carbonyl (C=O) groups excluding carboxylic acids is 2. The Morgan fingerprint density at radius 2 is 1.94 bits per heavy atom. The van der Waals surface area contributed by atoms with E-state index in [-0.39, 0.29) is 18.8 Å². The van der Waals surface area contributed by atoms with Crippen molar-refractivity contribution < 1.29 is 19.4 Å². The molecule has 4 heteroatoms. The Kier molecular flexibility index (Phi) is 5.64. The largest absolute Gasteiger partial charge is 0.502 e. The molecule has 1 aromatic carbocycles. The highest BCUT2D eigenvalue weighted by atomic mass is 16.5. The molecule has 0 bridgehead atoms. The van der Waals surface area contributed by atoms with Gasteiger partial charge in [0, 0.05) is 12.5 Å². The molecule has 0 aliphatic heterocycles. The second-order valence-electron chi connectivity index (χ2n) is 3.70. The van der Waals surface area contributed by atoms with Gasteiger partial charge in [0.15, 0.2) is 5.78 Å². The van der Waals surface area contributed by atoms with Crippen molar-refractivity contribution in [3.05, 3.63) is 47.7 Å². The van der Waals surface area contributed by atoms with Gasteiger partial charge in [-0.25, -0.2) is 4.79 Å². The lowest BCUT2D eigenvalue weighted by molar-refractivity contribution is -0.141. The van der Waals surface area contributed by atoms with E-state index >= 15 is 0 Å². The fraction of sp³-hybridized carbons (Fsp3) is 0.286. The van der Waals surface area contributed by atoms with E-state index in [0.29, 0.717) is 6.42 Å². The number of rotatable bonds is 6. The lowest BCUT2D eigenvalue weighted by Gasteiger charge is -2.00. The van der Waals surface area contributed by atoms with Gasteiger partial charge in [0.1, 0.15) is 0 Å². The molecule has 0 unspecified atom stereocenters. The SMILES string of the molecule is CCOC(=O)C(O)=CC(=O)CCc1ccccc1. The quantitative estimate of drug-likeness (QED) is 0.476. The van der Waals surface area contributed by atoms with Gasteiger partial charge in [0.05, 0.1) is 6.61 Å². The molecule has 4 nitrogen and oxygen atoms in total. The maximum absolute atomic E-state index is 11.5. The van der Waals surface area contributed by atoms with Crippen LogP contribution in [-0.2, 0) is 20.7 Å². The van der Waals surface area contributed by atoms with E-state index in [1.807, 2.05) is 30.3 Å². The molecule has 1 aromatic rings. The van der Waals surface area contributed by atoms with Gasteiger partial charge in [-0.05, 0) is 18.9 Å². The molecule has 96 valence electrons. The molecule has 0 atom stereocenters. The van der Waals surface area contributed by atoms with E-state index in [0.717, 1.165) is 11.6 Å². The Morgan fingerprint density at radius 1 is 1.28 bits per heavy atom. The zero-order valence-electron chi connectivity index (χ0n) is 10.3. The Morgan fingerprint density at radius 3 is 2.56 bits per heavy atom. The summed E-state index contributed by atoms with van der Waals surface area (Å²) in [6, 6.07) is 9.53. The molecule has 0 radical (unpaired) electrons. The lowest BCUT2D eigenvalue weighted by Crippen LogP contribution is -2.09. The minimum absolute atomic E-state index is 0.162. The number of aryl methyl sites for hydroxylation is 1. The third-order valence-corrected chi connectivity index (χ3v) is 2.29. The van der Waals surface area contributed by atoms with Crippen LogP contribution in [-0.4, -0.2) is 23.5 Å². The average molecular weight is 248 g/mol. The number of aliphatic hydroxyl groups excluding tert-OH is 1. The fourth-order valence-corrected chi connectivity index (χ4v) is 1.40. The summed E-state index contributed by atoms with van der Waals surface area (Å²) in [5.74, 6) is -1.81. The summed E-state index contributed by atoms with van der Waals surface area (Å²) in [5.41, 5.74) is 1.04. The Hall–Kier alpha value is -2.10. The summed E-state index contributed by atoms with van der Waals surface area (Å²) < 4.78 is 4.56. The van der Waals surface area contributed by atoms with E-state index in [1.165, 1.54) is 0 Å². The summed E-state index contributed by atoms with van der Waals surface area (Å²) in [6.45, 7) is 1.79. The summed E-state index contributed by atoms with van der Waals surface area (Å²) >= 11 is 0. The number of allylic oxidation sites excluding steroid dienone is 1. The number of carbonyl (C=O) groups is 2. The van der Waals surface area contributed by atoms with Crippen molar-refractivity contribution in [3.63, 3.8) is 0 Å². The van der Waals surface area contributed by atoms with Crippen LogP contribution in [0.15, 0.2) is 42.2 Å².